The van der Waals surface area contributed by atoms with E-state index in [4.69, 9.17) is 0 Å². The fraction of sp³-hybridized carbons (Fsp3) is 0.200. The Kier molecular flexibility index (Phi) is 6.34. The Hall–Kier alpha value is -3.66. The Bertz CT molecular complexity index is 1480. The molecule has 194 valence electrons. The molecule has 0 aliphatic carbocycles. The van der Waals surface area contributed by atoms with Gasteiger partial charge < -0.3 is 15.5 Å². The molecule has 2 aromatic carbocycles. The maximum Gasteiger partial charge on any atom is 0.430 e. The van der Waals surface area contributed by atoms with Crippen molar-refractivity contribution in [1.82, 2.24) is 4.57 Å². The van der Waals surface area contributed by atoms with Crippen molar-refractivity contribution in [3.8, 4) is 0 Å². The van der Waals surface area contributed by atoms with E-state index in [1.54, 1.807) is 0 Å². The van der Waals surface area contributed by atoms with Crippen LogP contribution in [0.1, 0.15) is 16.1 Å². The number of anilines is 1. The van der Waals surface area contributed by atoms with E-state index >= 15 is 0 Å². The molecule has 0 spiro atoms. The van der Waals surface area contributed by atoms with Crippen molar-refractivity contribution in [2.24, 2.45) is 0 Å². The second-order valence-electron chi connectivity index (χ2n) is 7.51. The summed E-state index contributed by atoms with van der Waals surface area (Å²) in [5.74, 6) is -3.44. The minimum Gasteiger partial charge on any atom is -0.464 e. The molecule has 0 bridgehead atoms. The maximum atomic E-state index is 14.3. The van der Waals surface area contributed by atoms with Crippen LogP contribution in [0.2, 0.25) is 0 Å². The molecule has 1 amide bonds. The van der Waals surface area contributed by atoms with E-state index in [0.29, 0.717) is 10.6 Å². The van der Waals surface area contributed by atoms with E-state index in [1.165, 1.54) is 0 Å². The molecule has 1 aromatic heterocycles. The van der Waals surface area contributed by atoms with Crippen LogP contribution in [0.3, 0.4) is 0 Å². The molecule has 16 heteroatoms. The molecule has 0 saturated heterocycles. The summed E-state index contributed by atoms with van der Waals surface area (Å²) in [6.07, 6.45) is -12.6. The van der Waals surface area contributed by atoms with Gasteiger partial charge in [0.2, 0.25) is 0 Å². The lowest BCUT2D eigenvalue weighted by atomic mass is 9.91. The van der Waals surface area contributed by atoms with E-state index in [2.05, 4.69) is 0 Å². The van der Waals surface area contributed by atoms with E-state index in [1.807, 2.05) is 5.32 Å². The van der Waals surface area contributed by atoms with Crippen molar-refractivity contribution < 1.29 is 59.0 Å². The van der Waals surface area contributed by atoms with Gasteiger partial charge in [-0.3, -0.25) is 4.79 Å². The third kappa shape index (κ3) is 4.48. The molecule has 0 atom stereocenters. The van der Waals surface area contributed by atoms with Crippen LogP contribution in [-0.4, -0.2) is 53.8 Å². The first kappa shape index (κ1) is 26.9. The van der Waals surface area contributed by atoms with Crippen LogP contribution in [0.15, 0.2) is 47.5 Å². The second kappa shape index (κ2) is 8.48. The van der Waals surface area contributed by atoms with Gasteiger partial charge in [-0.2, -0.15) is 26.3 Å². The van der Waals surface area contributed by atoms with Crippen molar-refractivity contribution >= 4 is 38.3 Å². The summed E-state index contributed by atoms with van der Waals surface area (Å²) in [5, 5.41) is 20.6. The number of alkyl halides is 6. The molecule has 0 aliphatic rings. The molecular weight excluding hydrogens is 529 g/mol. The highest BCUT2D eigenvalue weighted by molar-refractivity contribution is 7.90. The van der Waals surface area contributed by atoms with Gasteiger partial charge in [-0.05, 0) is 24.3 Å². The van der Waals surface area contributed by atoms with Crippen LogP contribution in [0.5, 0.6) is 0 Å². The highest BCUT2D eigenvalue weighted by Crippen LogP contribution is 2.50. The molecule has 36 heavy (non-hydrogen) atoms. The van der Waals surface area contributed by atoms with Gasteiger partial charge in [-0.15, -0.1) is 0 Å². The first-order valence-corrected chi connectivity index (χ1v) is 11.2. The van der Waals surface area contributed by atoms with Gasteiger partial charge in [0.1, 0.15) is 11.5 Å². The van der Waals surface area contributed by atoms with Crippen LogP contribution in [0.25, 0.3) is 10.8 Å². The topological polar surface area (TPSA) is 126 Å². The number of hydrogen-bond acceptors (Lipinski definition) is 5. The van der Waals surface area contributed by atoms with Crippen molar-refractivity contribution in [3.63, 3.8) is 0 Å². The Balaban J connectivity index is 2.06. The zero-order valence-corrected chi connectivity index (χ0v) is 18.4. The molecule has 3 rings (SSSR count). The second-order valence-corrected chi connectivity index (χ2v) is 9.52. The van der Waals surface area contributed by atoms with E-state index < -0.39 is 62.6 Å². The minimum absolute atomic E-state index is 0.00702. The number of nitrogens with zero attached hydrogens (tertiary/aromatic N) is 1. The van der Waals surface area contributed by atoms with Gasteiger partial charge in [0.15, 0.2) is 9.84 Å². The summed E-state index contributed by atoms with van der Waals surface area (Å²) in [5.41, 5.74) is -9.00. The van der Waals surface area contributed by atoms with E-state index in [9.17, 15) is 59.0 Å². The molecule has 0 fully saturated rings. The third-order valence-corrected chi connectivity index (χ3v) is 6.18. The predicted molar refractivity (Wildman–Crippen MR) is 109 cm³/mol. The lowest BCUT2D eigenvalue weighted by Gasteiger charge is -2.32. The Morgan fingerprint density at radius 2 is 1.56 bits per heavy atom. The number of sulfone groups is 1. The van der Waals surface area contributed by atoms with E-state index in [-0.39, 0.29) is 27.8 Å². The fourth-order valence-corrected chi connectivity index (χ4v) is 4.01. The Labute approximate surface area is 196 Å². The zero-order chi connectivity index (χ0) is 27.4. The van der Waals surface area contributed by atoms with Crippen molar-refractivity contribution in [1.29, 1.82) is 0 Å². The molecule has 0 aliphatic heterocycles. The normalized spacial score (nSPS) is 13.1. The van der Waals surface area contributed by atoms with Crippen LogP contribution in [0, 0.1) is 5.82 Å². The van der Waals surface area contributed by atoms with E-state index in [0.717, 1.165) is 30.7 Å². The standard InChI is InChI=1S/C20H13F7N2O6S/c1-36(34,35)11-3-4-12-9(6-11)8-29(17(31)32)15(12)16(30)28-10-2-5-13(14(21)7-10)18(33,19(22,23)24)20(25,26)27/h2-8,33H,1H3,(H,28,30)(H,31,32). The summed E-state index contributed by atoms with van der Waals surface area (Å²) in [6, 6.07) is 3.74. The van der Waals surface area contributed by atoms with Gasteiger partial charge in [-0.25, -0.2) is 22.2 Å². The number of aromatic nitrogens is 1. The molecule has 3 N–H and O–H groups in total. The summed E-state index contributed by atoms with van der Waals surface area (Å²) in [6.45, 7) is 0. The third-order valence-electron chi connectivity index (χ3n) is 5.07. The summed E-state index contributed by atoms with van der Waals surface area (Å²) < 4.78 is 116. The molecule has 0 saturated carbocycles. The number of nitrogens with one attached hydrogen (secondary N) is 1. The fourth-order valence-electron chi connectivity index (χ4n) is 3.35. The number of rotatable bonds is 4. The van der Waals surface area contributed by atoms with Crippen LogP contribution in [-0.2, 0) is 15.4 Å². The Morgan fingerprint density at radius 1 is 0.972 bits per heavy atom. The first-order chi connectivity index (χ1) is 16.3. The summed E-state index contributed by atoms with van der Waals surface area (Å²) in [4.78, 5) is 24.1. The van der Waals surface area contributed by atoms with Crippen molar-refractivity contribution in [3.05, 3.63) is 59.7 Å². The molecule has 0 radical (unpaired) electrons. The van der Waals surface area contributed by atoms with Gasteiger partial charge in [-0.1, -0.05) is 12.1 Å². The molecular formula is C20H13F7N2O6S. The quantitative estimate of drug-likeness (QED) is 0.423. The smallest absolute Gasteiger partial charge is 0.430 e. The SMILES string of the molecule is CS(=O)(=O)c1ccc2c(C(=O)Nc3ccc(C(O)(C(F)(F)F)C(F)(F)F)c(F)c3)n(C(=O)O)cc2c1. The first-order valence-electron chi connectivity index (χ1n) is 9.34. The van der Waals surface area contributed by atoms with Crippen LogP contribution in [0.4, 0.5) is 41.2 Å². The molecule has 0 unspecified atom stereocenters. The van der Waals surface area contributed by atoms with Crippen LogP contribution < -0.4 is 5.32 Å². The lowest BCUT2D eigenvalue weighted by molar-refractivity contribution is -0.377. The Morgan fingerprint density at radius 3 is 2.03 bits per heavy atom. The van der Waals surface area contributed by atoms with Gasteiger partial charge in [0.05, 0.1) is 4.90 Å². The van der Waals surface area contributed by atoms with Crippen LogP contribution >= 0.6 is 0 Å². The number of carboxylic acid groups (broad SMARTS) is 1. The van der Waals surface area contributed by atoms with Gasteiger partial charge in [0, 0.05) is 34.5 Å². The lowest BCUT2D eigenvalue weighted by Crippen LogP contribution is -2.54. The number of amides is 1. The average Bonchev–Trinajstić information content (AvgIpc) is 3.10. The monoisotopic (exact) mass is 542 g/mol. The number of halogens is 7. The average molecular weight is 542 g/mol. The minimum atomic E-state index is -6.34. The molecule has 1 heterocycles. The largest absolute Gasteiger partial charge is 0.464 e. The highest BCUT2D eigenvalue weighted by atomic mass is 32.2. The predicted octanol–water partition coefficient (Wildman–Crippen LogP) is 4.27. The van der Waals surface area contributed by atoms with Gasteiger partial charge >= 0.3 is 18.4 Å². The van der Waals surface area contributed by atoms with Crippen molar-refractivity contribution in [2.45, 2.75) is 22.8 Å². The summed E-state index contributed by atoms with van der Waals surface area (Å²) >= 11 is 0. The number of carbonyl (C=O) groups excluding carboxylic acids is 1. The molecule has 8 nitrogen and oxygen atoms in total. The van der Waals surface area contributed by atoms with Gasteiger partial charge in [0.25, 0.3) is 11.5 Å². The highest BCUT2D eigenvalue weighted by Gasteiger charge is 2.72. The summed E-state index contributed by atoms with van der Waals surface area (Å²) in [7, 11) is -3.71. The number of carbonyl (C=O) groups is 2. The number of hydrogen-bond donors (Lipinski definition) is 3. The molecule has 3 aromatic rings. The zero-order valence-electron chi connectivity index (χ0n) is 17.6. The number of aliphatic hydroxyl groups is 1. The number of benzene rings is 2. The maximum absolute atomic E-state index is 14.3. The number of fused-ring (bicyclic) bond motifs is 1. The van der Waals surface area contributed by atoms with Crippen molar-refractivity contribution in [2.75, 3.05) is 11.6 Å².